The van der Waals surface area contributed by atoms with Gasteiger partial charge in [0.15, 0.2) is 0 Å². The lowest BCUT2D eigenvalue weighted by molar-refractivity contribution is -0.145. The maximum Gasteiger partial charge on any atom is 0.325 e. The molecule has 3 N–H and O–H groups in total. The number of nitrogens with zero attached hydrogens (tertiary/aromatic N) is 2. The number of hydrogen-bond donors (Lipinski definition) is 2. The van der Waals surface area contributed by atoms with Crippen LogP contribution < -0.4 is 5.73 Å². The molecule has 98 valence electrons. The lowest BCUT2D eigenvalue weighted by Gasteiger charge is -2.40. The molecule has 1 aliphatic carbocycles. The van der Waals surface area contributed by atoms with Crippen molar-refractivity contribution in [2.45, 2.75) is 31.3 Å². The summed E-state index contributed by atoms with van der Waals surface area (Å²) in [4.78, 5) is 15.9. The number of piperazine rings is 1. The van der Waals surface area contributed by atoms with Crippen LogP contribution in [0.2, 0.25) is 0 Å². The molecule has 1 aliphatic heterocycles. The minimum Gasteiger partial charge on any atom is -0.480 e. The van der Waals surface area contributed by atoms with Crippen LogP contribution in [0.15, 0.2) is 0 Å². The number of carbonyl (C=O) groups is 1. The molecule has 17 heavy (non-hydrogen) atoms. The third-order valence-corrected chi connectivity index (χ3v) is 4.23. The first kappa shape index (κ1) is 12.8. The molecule has 0 radical (unpaired) electrons. The van der Waals surface area contributed by atoms with E-state index < -0.39 is 11.5 Å². The first-order valence-electron chi connectivity index (χ1n) is 6.38. The van der Waals surface area contributed by atoms with Gasteiger partial charge >= 0.3 is 5.97 Å². The Morgan fingerprint density at radius 1 is 1.47 bits per heavy atom. The second kappa shape index (κ2) is 4.55. The zero-order valence-corrected chi connectivity index (χ0v) is 10.7. The number of carboxylic acid groups (broad SMARTS) is 1. The van der Waals surface area contributed by atoms with Gasteiger partial charge in [0.05, 0.1) is 0 Å². The van der Waals surface area contributed by atoms with Crippen LogP contribution >= 0.6 is 0 Å². The van der Waals surface area contributed by atoms with Gasteiger partial charge in [0, 0.05) is 32.2 Å². The Morgan fingerprint density at radius 2 is 2.12 bits per heavy atom. The second-order valence-corrected chi connectivity index (χ2v) is 5.68. The van der Waals surface area contributed by atoms with Crippen LogP contribution in [0.25, 0.3) is 0 Å². The van der Waals surface area contributed by atoms with Gasteiger partial charge in [0.25, 0.3) is 0 Å². The molecule has 0 amide bonds. The monoisotopic (exact) mass is 241 g/mol. The van der Waals surface area contributed by atoms with E-state index in [2.05, 4.69) is 23.8 Å². The molecule has 0 aromatic heterocycles. The van der Waals surface area contributed by atoms with Crippen LogP contribution in [0.1, 0.15) is 19.8 Å². The van der Waals surface area contributed by atoms with Crippen LogP contribution in [0.3, 0.4) is 0 Å². The van der Waals surface area contributed by atoms with Crippen molar-refractivity contribution in [2.75, 3.05) is 33.2 Å². The molecule has 0 bridgehead atoms. The molecule has 5 heteroatoms. The van der Waals surface area contributed by atoms with Crippen molar-refractivity contribution >= 4 is 5.97 Å². The van der Waals surface area contributed by atoms with Crippen LogP contribution in [0.5, 0.6) is 0 Å². The predicted octanol–water partition coefficient (Wildman–Crippen LogP) is -0.186. The maximum absolute atomic E-state index is 11.4. The summed E-state index contributed by atoms with van der Waals surface area (Å²) in [5.41, 5.74) is 5.07. The third-order valence-electron chi connectivity index (χ3n) is 4.23. The van der Waals surface area contributed by atoms with Crippen molar-refractivity contribution in [3.05, 3.63) is 0 Å². The Bertz CT molecular complexity index is 306. The number of rotatable bonds is 4. The Balaban J connectivity index is 1.97. The summed E-state index contributed by atoms with van der Waals surface area (Å²) in [6.07, 6.45) is 1.93. The van der Waals surface area contributed by atoms with Gasteiger partial charge in [-0.25, -0.2) is 0 Å². The zero-order chi connectivity index (χ0) is 12.6. The lowest BCUT2D eigenvalue weighted by Crippen LogP contribution is -2.61. The summed E-state index contributed by atoms with van der Waals surface area (Å²) in [6, 6.07) is 0.473. The van der Waals surface area contributed by atoms with Gasteiger partial charge in [0.2, 0.25) is 0 Å². The van der Waals surface area contributed by atoms with Crippen molar-refractivity contribution in [1.29, 1.82) is 0 Å². The fraction of sp³-hybridized carbons (Fsp3) is 0.917. The molecule has 2 rings (SSSR count). The average Bonchev–Trinajstić information content (AvgIpc) is 3.07. The number of carboxylic acids is 1. The van der Waals surface area contributed by atoms with Crippen molar-refractivity contribution < 1.29 is 9.90 Å². The number of likely N-dealkylation sites (N-methyl/N-ethyl adjacent to an activating group) is 1. The highest BCUT2D eigenvalue weighted by molar-refractivity contribution is 5.79. The topological polar surface area (TPSA) is 69.8 Å². The minimum atomic E-state index is -1.03. The summed E-state index contributed by atoms with van der Waals surface area (Å²) in [5.74, 6) is -0.665. The predicted molar refractivity (Wildman–Crippen MR) is 65.8 cm³/mol. The number of aliphatic carboxylic acids is 1. The van der Waals surface area contributed by atoms with E-state index in [9.17, 15) is 9.90 Å². The van der Waals surface area contributed by atoms with E-state index in [1.807, 2.05) is 0 Å². The molecule has 0 aromatic rings. The maximum atomic E-state index is 11.4. The van der Waals surface area contributed by atoms with E-state index in [1.165, 1.54) is 0 Å². The van der Waals surface area contributed by atoms with Gasteiger partial charge in [0.1, 0.15) is 5.54 Å². The molecule has 2 fully saturated rings. The lowest BCUT2D eigenvalue weighted by atomic mass is 9.93. The molecule has 2 unspecified atom stereocenters. The van der Waals surface area contributed by atoms with Gasteiger partial charge in [-0.2, -0.15) is 0 Å². The van der Waals surface area contributed by atoms with Crippen LogP contribution in [0.4, 0.5) is 0 Å². The fourth-order valence-corrected chi connectivity index (χ4v) is 2.61. The quantitative estimate of drug-likeness (QED) is 0.714. The SMILES string of the molecule is CC1CN(CC(N)(C(=O)O)C2CC2)CCN1C. The van der Waals surface area contributed by atoms with E-state index in [0.717, 1.165) is 32.5 Å². The standard InChI is InChI=1S/C12H23N3O2/c1-9-7-15(6-5-14(9)2)8-12(13,11(16)17)10-3-4-10/h9-10H,3-8,13H2,1-2H3,(H,16,17). The van der Waals surface area contributed by atoms with Crippen molar-refractivity contribution in [3.63, 3.8) is 0 Å². The Hall–Kier alpha value is -0.650. The summed E-state index contributed by atoms with van der Waals surface area (Å²) >= 11 is 0. The number of hydrogen-bond acceptors (Lipinski definition) is 4. The van der Waals surface area contributed by atoms with Crippen LogP contribution in [-0.2, 0) is 4.79 Å². The van der Waals surface area contributed by atoms with Crippen molar-refractivity contribution in [2.24, 2.45) is 11.7 Å². The molecule has 1 saturated heterocycles. The smallest absolute Gasteiger partial charge is 0.325 e. The normalized spacial score (nSPS) is 31.1. The average molecular weight is 241 g/mol. The number of nitrogens with two attached hydrogens (primary N) is 1. The molecule has 2 aliphatic rings. The summed E-state index contributed by atoms with van der Waals surface area (Å²) in [5, 5.41) is 9.33. The van der Waals surface area contributed by atoms with Crippen LogP contribution in [0, 0.1) is 5.92 Å². The molecule has 5 nitrogen and oxygen atoms in total. The third kappa shape index (κ3) is 2.61. The summed E-state index contributed by atoms with van der Waals surface area (Å²) in [7, 11) is 2.11. The molecule has 0 spiro atoms. The molecule has 1 heterocycles. The van der Waals surface area contributed by atoms with Gasteiger partial charge in [-0.05, 0) is 32.7 Å². The Morgan fingerprint density at radius 3 is 2.59 bits per heavy atom. The van der Waals surface area contributed by atoms with Crippen molar-refractivity contribution in [1.82, 2.24) is 9.80 Å². The molecule has 2 atom stereocenters. The highest BCUT2D eigenvalue weighted by Crippen LogP contribution is 2.39. The zero-order valence-electron chi connectivity index (χ0n) is 10.7. The Kier molecular flexibility index (Phi) is 3.43. The first-order chi connectivity index (χ1) is 7.93. The van der Waals surface area contributed by atoms with E-state index >= 15 is 0 Å². The van der Waals surface area contributed by atoms with Gasteiger partial charge in [-0.3, -0.25) is 9.69 Å². The largest absolute Gasteiger partial charge is 0.480 e. The molecule has 1 saturated carbocycles. The summed E-state index contributed by atoms with van der Waals surface area (Å²) < 4.78 is 0. The van der Waals surface area contributed by atoms with E-state index in [1.54, 1.807) is 0 Å². The minimum absolute atomic E-state index is 0.176. The highest BCUT2D eigenvalue weighted by atomic mass is 16.4. The molecular formula is C12H23N3O2. The van der Waals surface area contributed by atoms with Gasteiger partial charge < -0.3 is 15.7 Å². The van der Waals surface area contributed by atoms with Gasteiger partial charge in [-0.15, -0.1) is 0 Å². The van der Waals surface area contributed by atoms with E-state index in [4.69, 9.17) is 5.73 Å². The van der Waals surface area contributed by atoms with E-state index in [-0.39, 0.29) is 5.92 Å². The van der Waals surface area contributed by atoms with E-state index in [0.29, 0.717) is 12.6 Å². The summed E-state index contributed by atoms with van der Waals surface area (Å²) in [6.45, 7) is 5.48. The Labute approximate surface area is 103 Å². The van der Waals surface area contributed by atoms with Crippen LogP contribution in [-0.4, -0.2) is 65.7 Å². The highest BCUT2D eigenvalue weighted by Gasteiger charge is 2.49. The second-order valence-electron chi connectivity index (χ2n) is 5.68. The van der Waals surface area contributed by atoms with Gasteiger partial charge in [-0.1, -0.05) is 0 Å². The molecule has 0 aromatic carbocycles. The fourth-order valence-electron chi connectivity index (χ4n) is 2.61. The van der Waals surface area contributed by atoms with Crippen molar-refractivity contribution in [3.8, 4) is 0 Å². The first-order valence-corrected chi connectivity index (χ1v) is 6.38. The molecular weight excluding hydrogens is 218 g/mol.